The monoisotopic (exact) mass is 510 g/mol. The number of benzene rings is 3. The van der Waals surface area contributed by atoms with Crippen LogP contribution in [0.3, 0.4) is 0 Å². The topological polar surface area (TPSA) is 17.8 Å². The molecule has 0 saturated heterocycles. The van der Waals surface area contributed by atoms with Crippen molar-refractivity contribution >= 4 is 5.70 Å². The lowest BCUT2D eigenvalue weighted by Gasteiger charge is -2.17. The SMILES string of the molecule is C=C(Cc1ccccc1-c1ccc(C(C)C)cn1)n1cc(C(C)(C)C)cc1-c1cccc(-c2ccccc2)c1. The van der Waals surface area contributed by atoms with Crippen LogP contribution in [-0.2, 0) is 11.8 Å². The van der Waals surface area contributed by atoms with Crippen molar-refractivity contribution in [3.63, 3.8) is 0 Å². The van der Waals surface area contributed by atoms with Gasteiger partial charge in [-0.1, -0.05) is 120 Å². The van der Waals surface area contributed by atoms with Crippen molar-refractivity contribution in [2.45, 2.75) is 52.4 Å². The van der Waals surface area contributed by atoms with Gasteiger partial charge in [0.05, 0.1) is 11.4 Å². The average molecular weight is 511 g/mol. The van der Waals surface area contributed by atoms with Crippen LogP contribution in [0.25, 0.3) is 39.3 Å². The molecule has 0 aliphatic carbocycles. The summed E-state index contributed by atoms with van der Waals surface area (Å²) in [5, 5.41) is 0. The van der Waals surface area contributed by atoms with E-state index >= 15 is 0 Å². The van der Waals surface area contributed by atoms with Crippen LogP contribution in [0.2, 0.25) is 0 Å². The van der Waals surface area contributed by atoms with Gasteiger partial charge in [0.25, 0.3) is 0 Å². The van der Waals surface area contributed by atoms with Gasteiger partial charge < -0.3 is 4.57 Å². The van der Waals surface area contributed by atoms with E-state index in [4.69, 9.17) is 4.98 Å². The van der Waals surface area contributed by atoms with Gasteiger partial charge in [-0.2, -0.15) is 0 Å². The summed E-state index contributed by atoms with van der Waals surface area (Å²) < 4.78 is 2.29. The maximum atomic E-state index is 4.81. The van der Waals surface area contributed by atoms with Gasteiger partial charge in [-0.15, -0.1) is 0 Å². The summed E-state index contributed by atoms with van der Waals surface area (Å²) in [7, 11) is 0. The first-order chi connectivity index (χ1) is 18.7. The standard InChI is InChI=1S/C37H38N2/c1-26(2)32-19-20-35(38-24-32)34-18-11-10-15-30(34)21-27(3)39-25-33(37(4,5)6)23-36(39)31-17-12-16-29(22-31)28-13-8-7-9-14-28/h7-20,22-26H,3,21H2,1-2,4-6H3. The maximum absolute atomic E-state index is 4.81. The van der Waals surface area contributed by atoms with Gasteiger partial charge in [0.2, 0.25) is 0 Å². The molecule has 5 aromatic rings. The van der Waals surface area contributed by atoms with E-state index in [1.165, 1.54) is 39.1 Å². The number of pyridine rings is 1. The molecular formula is C37H38N2. The molecular weight excluding hydrogens is 472 g/mol. The Morgan fingerprint density at radius 1 is 0.795 bits per heavy atom. The largest absolute Gasteiger partial charge is 0.320 e. The highest BCUT2D eigenvalue weighted by Gasteiger charge is 2.20. The summed E-state index contributed by atoms with van der Waals surface area (Å²) in [5.74, 6) is 0.464. The molecule has 2 aromatic heterocycles. The first-order valence-corrected chi connectivity index (χ1v) is 13.8. The minimum Gasteiger partial charge on any atom is -0.320 e. The van der Waals surface area contributed by atoms with Crippen LogP contribution in [0.1, 0.15) is 57.2 Å². The van der Waals surface area contributed by atoms with Crippen LogP contribution in [-0.4, -0.2) is 9.55 Å². The molecule has 0 bridgehead atoms. The Morgan fingerprint density at radius 2 is 1.49 bits per heavy atom. The second-order valence-corrected chi connectivity index (χ2v) is 11.7. The van der Waals surface area contributed by atoms with Gasteiger partial charge >= 0.3 is 0 Å². The number of nitrogens with zero attached hydrogens (tertiary/aromatic N) is 2. The zero-order valence-electron chi connectivity index (χ0n) is 23.8. The lowest BCUT2D eigenvalue weighted by atomic mass is 9.89. The lowest BCUT2D eigenvalue weighted by Crippen LogP contribution is -2.09. The zero-order chi connectivity index (χ0) is 27.6. The van der Waals surface area contributed by atoms with Crippen LogP contribution >= 0.6 is 0 Å². The summed E-state index contributed by atoms with van der Waals surface area (Å²) in [5.41, 5.74) is 11.8. The Balaban J connectivity index is 1.53. The summed E-state index contributed by atoms with van der Waals surface area (Å²) >= 11 is 0. The van der Waals surface area contributed by atoms with Crippen molar-refractivity contribution in [1.29, 1.82) is 0 Å². The molecule has 0 aliphatic rings. The smallest absolute Gasteiger partial charge is 0.0705 e. The van der Waals surface area contributed by atoms with E-state index in [1.807, 2.05) is 6.20 Å². The fourth-order valence-electron chi connectivity index (χ4n) is 4.98. The molecule has 0 aliphatic heterocycles. The van der Waals surface area contributed by atoms with Gasteiger partial charge in [-0.3, -0.25) is 4.98 Å². The predicted molar refractivity (Wildman–Crippen MR) is 167 cm³/mol. The molecule has 2 heteroatoms. The third kappa shape index (κ3) is 5.81. The number of aromatic nitrogens is 2. The van der Waals surface area contributed by atoms with Crippen LogP contribution in [0.15, 0.2) is 116 Å². The van der Waals surface area contributed by atoms with Crippen molar-refractivity contribution < 1.29 is 0 Å². The third-order valence-corrected chi connectivity index (χ3v) is 7.43. The van der Waals surface area contributed by atoms with Crippen molar-refractivity contribution in [2.24, 2.45) is 0 Å². The van der Waals surface area contributed by atoms with E-state index in [1.54, 1.807) is 0 Å². The second-order valence-electron chi connectivity index (χ2n) is 11.7. The van der Waals surface area contributed by atoms with E-state index in [-0.39, 0.29) is 5.41 Å². The van der Waals surface area contributed by atoms with E-state index < -0.39 is 0 Å². The Kier molecular flexibility index (Phi) is 7.39. The molecule has 0 atom stereocenters. The predicted octanol–water partition coefficient (Wildman–Crippen LogP) is 10.0. The molecule has 2 heterocycles. The normalized spacial score (nSPS) is 11.6. The highest BCUT2D eigenvalue weighted by molar-refractivity contribution is 5.75. The summed E-state index contributed by atoms with van der Waals surface area (Å²) in [6.07, 6.45) is 5.00. The minimum absolute atomic E-state index is 0.0251. The zero-order valence-corrected chi connectivity index (χ0v) is 23.8. The van der Waals surface area contributed by atoms with Crippen LogP contribution < -0.4 is 0 Å². The van der Waals surface area contributed by atoms with Gasteiger partial charge in [-0.25, -0.2) is 0 Å². The van der Waals surface area contributed by atoms with Gasteiger partial charge in [-0.05, 0) is 62.9 Å². The quantitative estimate of drug-likeness (QED) is 0.213. The molecule has 0 N–H and O–H groups in total. The number of hydrogen-bond donors (Lipinski definition) is 0. The molecule has 3 aromatic carbocycles. The molecule has 2 nitrogen and oxygen atoms in total. The highest BCUT2D eigenvalue weighted by atomic mass is 15.0. The van der Waals surface area contributed by atoms with Crippen molar-refractivity contribution in [3.05, 3.63) is 133 Å². The van der Waals surface area contributed by atoms with E-state index in [0.717, 1.165) is 23.4 Å². The Bertz CT molecular complexity index is 1580. The molecule has 0 spiro atoms. The molecule has 0 saturated carbocycles. The fourth-order valence-corrected chi connectivity index (χ4v) is 4.98. The first-order valence-electron chi connectivity index (χ1n) is 13.8. The Hall–Kier alpha value is -4.17. The summed E-state index contributed by atoms with van der Waals surface area (Å²) in [6.45, 7) is 15.8. The first kappa shape index (κ1) is 26.4. The second kappa shape index (κ2) is 10.9. The molecule has 0 fully saturated rings. The minimum atomic E-state index is 0.0251. The number of allylic oxidation sites excluding steroid dienone is 1. The van der Waals surface area contributed by atoms with Crippen molar-refractivity contribution in [2.75, 3.05) is 0 Å². The molecule has 0 amide bonds. The van der Waals surface area contributed by atoms with E-state index in [0.29, 0.717) is 5.92 Å². The number of hydrogen-bond acceptors (Lipinski definition) is 1. The summed E-state index contributed by atoms with van der Waals surface area (Å²) in [4.78, 5) is 4.81. The Morgan fingerprint density at radius 3 is 2.18 bits per heavy atom. The molecule has 0 radical (unpaired) electrons. The van der Waals surface area contributed by atoms with Gasteiger partial charge in [0.15, 0.2) is 0 Å². The van der Waals surface area contributed by atoms with Crippen molar-refractivity contribution in [1.82, 2.24) is 9.55 Å². The molecule has 196 valence electrons. The van der Waals surface area contributed by atoms with Crippen molar-refractivity contribution in [3.8, 4) is 33.6 Å². The van der Waals surface area contributed by atoms with E-state index in [9.17, 15) is 0 Å². The summed E-state index contributed by atoms with van der Waals surface area (Å²) in [6, 6.07) is 34.6. The fraction of sp³-hybridized carbons (Fsp3) is 0.216. The van der Waals surface area contributed by atoms with Gasteiger partial charge in [0, 0.05) is 30.1 Å². The highest BCUT2D eigenvalue weighted by Crippen LogP contribution is 2.35. The van der Waals surface area contributed by atoms with Crippen LogP contribution in [0, 0.1) is 0 Å². The van der Waals surface area contributed by atoms with Gasteiger partial charge in [0.1, 0.15) is 0 Å². The molecule has 5 rings (SSSR count). The maximum Gasteiger partial charge on any atom is 0.0705 e. The number of rotatable bonds is 7. The third-order valence-electron chi connectivity index (χ3n) is 7.43. The molecule has 39 heavy (non-hydrogen) atoms. The lowest BCUT2D eigenvalue weighted by molar-refractivity contribution is 0.590. The van der Waals surface area contributed by atoms with E-state index in [2.05, 4.69) is 149 Å². The Labute approximate surface area is 233 Å². The van der Waals surface area contributed by atoms with Crippen LogP contribution in [0.4, 0.5) is 0 Å². The molecule has 0 unspecified atom stereocenters. The average Bonchev–Trinajstić information content (AvgIpc) is 3.41. The van der Waals surface area contributed by atoms with Crippen LogP contribution in [0.5, 0.6) is 0 Å².